The van der Waals surface area contributed by atoms with Crippen LogP contribution in [0.3, 0.4) is 0 Å². The fraction of sp³-hybridized carbons (Fsp3) is 0.375. The van der Waals surface area contributed by atoms with Crippen LogP contribution in [-0.2, 0) is 0 Å². The number of benzene rings is 1. The van der Waals surface area contributed by atoms with E-state index < -0.39 is 0 Å². The van der Waals surface area contributed by atoms with Gasteiger partial charge in [-0.25, -0.2) is 4.98 Å². The molecule has 3 nitrogen and oxygen atoms in total. The van der Waals surface area contributed by atoms with E-state index in [0.717, 1.165) is 17.3 Å². The second-order valence-electron chi connectivity index (χ2n) is 5.33. The van der Waals surface area contributed by atoms with Gasteiger partial charge in [0.15, 0.2) is 0 Å². The third-order valence-electron chi connectivity index (χ3n) is 3.04. The van der Waals surface area contributed by atoms with Crippen LogP contribution >= 0.6 is 11.6 Å². The van der Waals surface area contributed by atoms with Gasteiger partial charge < -0.3 is 5.32 Å². The van der Waals surface area contributed by atoms with Gasteiger partial charge in [-0.2, -0.15) is 0 Å². The van der Waals surface area contributed by atoms with Crippen molar-refractivity contribution in [3.63, 3.8) is 0 Å². The Morgan fingerprint density at radius 2 is 2.00 bits per heavy atom. The van der Waals surface area contributed by atoms with Crippen LogP contribution < -0.4 is 5.32 Å². The fourth-order valence-corrected chi connectivity index (χ4v) is 2.51. The minimum absolute atomic E-state index is 0.0422. The Kier molecular flexibility index (Phi) is 4.96. The predicted octanol–water partition coefficient (Wildman–Crippen LogP) is 3.62. The number of amides is 1. The summed E-state index contributed by atoms with van der Waals surface area (Å²) in [5.41, 5.74) is 1.25. The molecule has 1 aromatic heterocycles. The molecule has 1 N–H and O–H groups in total. The smallest absolute Gasteiger partial charge is 0.269 e. The van der Waals surface area contributed by atoms with Crippen molar-refractivity contribution in [3.8, 4) is 0 Å². The van der Waals surface area contributed by atoms with Crippen molar-refractivity contribution in [2.75, 3.05) is 6.54 Å². The molecule has 0 saturated heterocycles. The maximum absolute atomic E-state index is 12.0. The van der Waals surface area contributed by atoms with Crippen molar-refractivity contribution >= 4 is 28.4 Å². The first-order chi connectivity index (χ1) is 9.56. The van der Waals surface area contributed by atoms with Gasteiger partial charge >= 0.3 is 0 Å². The number of hydrogen-bond donors (Lipinski definition) is 1. The molecule has 2 rings (SSSR count). The van der Waals surface area contributed by atoms with Gasteiger partial charge in [0, 0.05) is 11.9 Å². The first kappa shape index (κ1) is 14.8. The van der Waals surface area contributed by atoms with Crippen LogP contribution in [-0.4, -0.2) is 22.8 Å². The Morgan fingerprint density at radius 1 is 1.25 bits per heavy atom. The number of carbonyl (C=O) groups is 1. The van der Waals surface area contributed by atoms with Crippen LogP contribution in [0.15, 0.2) is 36.4 Å². The molecule has 0 aliphatic rings. The molecule has 0 aliphatic heterocycles. The van der Waals surface area contributed by atoms with Crippen molar-refractivity contribution < 1.29 is 4.79 Å². The number of hydrogen-bond acceptors (Lipinski definition) is 2. The van der Waals surface area contributed by atoms with E-state index in [9.17, 15) is 4.79 Å². The number of fused-ring (bicyclic) bond motifs is 1. The normalized spacial score (nSPS) is 12.6. The van der Waals surface area contributed by atoms with E-state index in [4.69, 9.17) is 11.6 Å². The molecule has 1 atom stereocenters. The number of rotatable bonds is 5. The van der Waals surface area contributed by atoms with E-state index in [-0.39, 0.29) is 11.3 Å². The zero-order valence-electron chi connectivity index (χ0n) is 11.8. The molecule has 1 unspecified atom stereocenters. The topological polar surface area (TPSA) is 42.0 Å². The predicted molar refractivity (Wildman–Crippen MR) is 83.2 cm³/mol. The highest BCUT2D eigenvalue weighted by atomic mass is 35.5. The monoisotopic (exact) mass is 290 g/mol. The van der Waals surface area contributed by atoms with Crippen molar-refractivity contribution in [1.29, 1.82) is 0 Å². The largest absolute Gasteiger partial charge is 0.349 e. The summed E-state index contributed by atoms with van der Waals surface area (Å²) in [6.07, 6.45) is 0.882. The van der Waals surface area contributed by atoms with Crippen molar-refractivity contribution in [3.05, 3.63) is 42.1 Å². The standard InChI is InChI=1S/C16H19ClN2O/c1-11(2)9-13(17)10-18-16(20)15-8-7-12-5-3-4-6-14(12)19-15/h3-8,11,13H,9-10H2,1-2H3,(H,18,20). The highest BCUT2D eigenvalue weighted by Crippen LogP contribution is 2.12. The van der Waals surface area contributed by atoms with Crippen LogP contribution in [0.1, 0.15) is 30.8 Å². The van der Waals surface area contributed by atoms with Gasteiger partial charge in [-0.3, -0.25) is 4.79 Å². The number of halogens is 1. The molecule has 106 valence electrons. The van der Waals surface area contributed by atoms with Gasteiger partial charge in [0.05, 0.1) is 10.9 Å². The number of nitrogens with one attached hydrogen (secondary N) is 1. The molecular weight excluding hydrogens is 272 g/mol. The van der Waals surface area contributed by atoms with Crippen molar-refractivity contribution in [2.45, 2.75) is 25.6 Å². The summed E-state index contributed by atoms with van der Waals surface area (Å²) in [6.45, 7) is 4.69. The van der Waals surface area contributed by atoms with Gasteiger partial charge in [-0.1, -0.05) is 38.1 Å². The third kappa shape index (κ3) is 3.94. The van der Waals surface area contributed by atoms with Crippen LogP contribution in [0.2, 0.25) is 0 Å². The Hall–Kier alpha value is -1.61. The van der Waals surface area contributed by atoms with Crippen molar-refractivity contribution in [1.82, 2.24) is 10.3 Å². The molecule has 4 heteroatoms. The number of nitrogens with zero attached hydrogens (tertiary/aromatic N) is 1. The number of aromatic nitrogens is 1. The summed E-state index contributed by atoms with van der Waals surface area (Å²) < 4.78 is 0. The first-order valence-electron chi connectivity index (χ1n) is 6.84. The SMILES string of the molecule is CC(C)CC(Cl)CNC(=O)c1ccc2ccccc2n1. The first-order valence-corrected chi connectivity index (χ1v) is 7.28. The molecule has 0 fully saturated rings. The number of carbonyl (C=O) groups excluding carboxylic acids is 1. The molecule has 0 spiro atoms. The molecule has 20 heavy (non-hydrogen) atoms. The third-order valence-corrected chi connectivity index (χ3v) is 3.37. The lowest BCUT2D eigenvalue weighted by molar-refractivity contribution is 0.0948. The Morgan fingerprint density at radius 3 is 2.75 bits per heavy atom. The molecule has 1 aromatic carbocycles. The number of alkyl halides is 1. The van der Waals surface area contributed by atoms with E-state index in [1.54, 1.807) is 6.07 Å². The Balaban J connectivity index is 2.00. The lowest BCUT2D eigenvalue weighted by Gasteiger charge is -2.12. The van der Waals surface area contributed by atoms with E-state index in [0.29, 0.717) is 18.2 Å². The van der Waals surface area contributed by atoms with Crippen LogP contribution in [0.4, 0.5) is 0 Å². The average Bonchev–Trinajstić information content (AvgIpc) is 2.43. The van der Waals surface area contributed by atoms with Gasteiger partial charge in [-0.05, 0) is 24.5 Å². The summed E-state index contributed by atoms with van der Waals surface area (Å²) in [4.78, 5) is 16.4. The lowest BCUT2D eigenvalue weighted by atomic mass is 10.1. The van der Waals surface area contributed by atoms with Crippen LogP contribution in [0.25, 0.3) is 10.9 Å². The van der Waals surface area contributed by atoms with Crippen molar-refractivity contribution in [2.24, 2.45) is 5.92 Å². The minimum atomic E-state index is -0.176. The zero-order chi connectivity index (χ0) is 14.5. The minimum Gasteiger partial charge on any atom is -0.349 e. The van der Waals surface area contributed by atoms with E-state index >= 15 is 0 Å². The molecular formula is C16H19ClN2O. The highest BCUT2D eigenvalue weighted by Gasteiger charge is 2.12. The van der Waals surface area contributed by atoms with Crippen LogP contribution in [0, 0.1) is 5.92 Å². The van der Waals surface area contributed by atoms with Gasteiger partial charge in [0.1, 0.15) is 5.69 Å². The maximum Gasteiger partial charge on any atom is 0.269 e. The second kappa shape index (κ2) is 6.71. The van der Waals surface area contributed by atoms with Gasteiger partial charge in [0.25, 0.3) is 5.91 Å². The molecule has 0 saturated carbocycles. The maximum atomic E-state index is 12.0. The second-order valence-corrected chi connectivity index (χ2v) is 5.94. The average molecular weight is 291 g/mol. The van der Waals surface area contributed by atoms with E-state index in [1.807, 2.05) is 30.3 Å². The Labute approximate surface area is 124 Å². The quantitative estimate of drug-likeness (QED) is 0.855. The highest BCUT2D eigenvalue weighted by molar-refractivity contribution is 6.20. The molecule has 1 heterocycles. The summed E-state index contributed by atoms with van der Waals surface area (Å²) in [5, 5.41) is 3.82. The molecule has 0 radical (unpaired) electrons. The van der Waals surface area contributed by atoms with Gasteiger partial charge in [-0.15, -0.1) is 11.6 Å². The Bertz CT molecular complexity index is 598. The molecule has 0 bridgehead atoms. The summed E-state index contributed by atoms with van der Waals surface area (Å²) >= 11 is 6.17. The summed E-state index contributed by atoms with van der Waals surface area (Å²) in [6, 6.07) is 11.4. The van der Waals surface area contributed by atoms with Crippen LogP contribution in [0.5, 0.6) is 0 Å². The molecule has 2 aromatic rings. The summed E-state index contributed by atoms with van der Waals surface area (Å²) in [5.74, 6) is 0.346. The fourth-order valence-electron chi connectivity index (χ4n) is 2.08. The lowest BCUT2D eigenvalue weighted by Crippen LogP contribution is -2.30. The molecule has 1 amide bonds. The van der Waals surface area contributed by atoms with E-state index in [2.05, 4.69) is 24.1 Å². The van der Waals surface area contributed by atoms with E-state index in [1.165, 1.54) is 0 Å². The summed E-state index contributed by atoms with van der Waals surface area (Å²) in [7, 11) is 0. The number of para-hydroxylation sites is 1. The number of pyridine rings is 1. The van der Waals surface area contributed by atoms with Gasteiger partial charge in [0.2, 0.25) is 0 Å². The molecule has 0 aliphatic carbocycles. The zero-order valence-corrected chi connectivity index (χ0v) is 12.5.